The van der Waals surface area contributed by atoms with Crippen molar-refractivity contribution in [2.24, 2.45) is 0 Å². The van der Waals surface area contributed by atoms with Crippen LogP contribution in [0.4, 0.5) is 0 Å². The molecule has 1 aromatic rings. The summed E-state index contributed by atoms with van der Waals surface area (Å²) in [4.78, 5) is 22.5. The Morgan fingerprint density at radius 1 is 1.05 bits per heavy atom. The van der Waals surface area contributed by atoms with E-state index in [0.29, 0.717) is 5.56 Å². The minimum atomic E-state index is -0.555. The molecule has 0 saturated carbocycles. The zero-order valence-electron chi connectivity index (χ0n) is 13.4. The van der Waals surface area contributed by atoms with Gasteiger partial charge in [0.1, 0.15) is 5.60 Å². The third kappa shape index (κ3) is 4.73. The first kappa shape index (κ1) is 16.9. The van der Waals surface area contributed by atoms with Crippen LogP contribution in [0.3, 0.4) is 0 Å². The van der Waals surface area contributed by atoms with Gasteiger partial charge in [0.2, 0.25) is 0 Å². The Kier molecular flexibility index (Phi) is 5.49. The van der Waals surface area contributed by atoms with E-state index in [4.69, 9.17) is 9.78 Å². The van der Waals surface area contributed by atoms with Gasteiger partial charge < -0.3 is 0 Å². The summed E-state index contributed by atoms with van der Waals surface area (Å²) >= 11 is 0. The molecule has 1 rings (SSSR count). The molecule has 0 aliphatic heterocycles. The van der Waals surface area contributed by atoms with E-state index in [9.17, 15) is 4.79 Å². The molecule has 0 aliphatic carbocycles. The van der Waals surface area contributed by atoms with E-state index < -0.39 is 5.60 Å². The highest BCUT2D eigenvalue weighted by Gasteiger charge is 2.27. The average Bonchev–Trinajstić information content (AvgIpc) is 2.37. The number of rotatable bonds is 7. The standard InChI is InChI=1S/C17H26O3/c1-7-12-16(3,4)19-20-17(5,6)15-10-8-14(9-11-15)13(2)18/h8-11H,7,12H2,1-6H3. The topological polar surface area (TPSA) is 35.5 Å². The van der Waals surface area contributed by atoms with Gasteiger partial charge in [-0.15, -0.1) is 0 Å². The highest BCUT2D eigenvalue weighted by atomic mass is 17.2. The lowest BCUT2D eigenvalue weighted by Crippen LogP contribution is -2.31. The molecule has 0 aromatic heterocycles. The fourth-order valence-corrected chi connectivity index (χ4v) is 2.02. The zero-order chi connectivity index (χ0) is 15.4. The van der Waals surface area contributed by atoms with Crippen LogP contribution in [-0.2, 0) is 15.4 Å². The predicted molar refractivity (Wildman–Crippen MR) is 80.6 cm³/mol. The zero-order valence-corrected chi connectivity index (χ0v) is 13.4. The first-order valence-electron chi connectivity index (χ1n) is 7.16. The summed E-state index contributed by atoms with van der Waals surface area (Å²) < 4.78 is 0. The molecular formula is C17H26O3. The first-order valence-corrected chi connectivity index (χ1v) is 7.16. The molecule has 20 heavy (non-hydrogen) atoms. The van der Waals surface area contributed by atoms with E-state index in [-0.39, 0.29) is 11.4 Å². The second kappa shape index (κ2) is 6.51. The smallest absolute Gasteiger partial charge is 0.159 e. The van der Waals surface area contributed by atoms with E-state index in [1.807, 2.05) is 52.0 Å². The summed E-state index contributed by atoms with van der Waals surface area (Å²) in [6.07, 6.45) is 1.98. The highest BCUT2D eigenvalue weighted by molar-refractivity contribution is 5.94. The number of ketones is 1. The van der Waals surface area contributed by atoms with Crippen LogP contribution in [0.1, 0.15) is 70.3 Å². The van der Waals surface area contributed by atoms with Crippen molar-refractivity contribution >= 4 is 5.78 Å². The van der Waals surface area contributed by atoms with Crippen molar-refractivity contribution in [3.05, 3.63) is 35.4 Å². The Morgan fingerprint density at radius 2 is 1.60 bits per heavy atom. The van der Waals surface area contributed by atoms with Gasteiger partial charge in [-0.2, -0.15) is 0 Å². The maximum atomic E-state index is 11.3. The minimum Gasteiger partial charge on any atom is -0.295 e. The lowest BCUT2D eigenvalue weighted by atomic mass is 9.96. The van der Waals surface area contributed by atoms with Crippen molar-refractivity contribution in [3.63, 3.8) is 0 Å². The van der Waals surface area contributed by atoms with Crippen molar-refractivity contribution in [1.82, 2.24) is 0 Å². The van der Waals surface area contributed by atoms with Gasteiger partial charge in [-0.25, -0.2) is 9.78 Å². The van der Waals surface area contributed by atoms with Crippen LogP contribution in [0.25, 0.3) is 0 Å². The van der Waals surface area contributed by atoms with E-state index in [2.05, 4.69) is 6.92 Å². The lowest BCUT2D eigenvalue weighted by molar-refractivity contribution is -0.406. The molecule has 0 unspecified atom stereocenters. The van der Waals surface area contributed by atoms with Gasteiger partial charge in [0.05, 0.1) is 5.60 Å². The molecule has 0 saturated heterocycles. The predicted octanol–water partition coefficient (Wildman–Crippen LogP) is 4.65. The maximum Gasteiger partial charge on any atom is 0.159 e. The fraction of sp³-hybridized carbons (Fsp3) is 0.588. The minimum absolute atomic E-state index is 0.0654. The number of hydrogen-bond donors (Lipinski definition) is 0. The summed E-state index contributed by atoms with van der Waals surface area (Å²) in [5, 5.41) is 0. The molecule has 0 spiro atoms. The number of carbonyl (C=O) groups excluding carboxylic acids is 1. The summed E-state index contributed by atoms with van der Waals surface area (Å²) in [6.45, 7) is 11.6. The van der Waals surface area contributed by atoms with Crippen LogP contribution in [0.15, 0.2) is 24.3 Å². The van der Waals surface area contributed by atoms with Crippen molar-refractivity contribution in [2.45, 2.75) is 65.6 Å². The lowest BCUT2D eigenvalue weighted by Gasteiger charge is -2.31. The van der Waals surface area contributed by atoms with Crippen molar-refractivity contribution in [2.75, 3.05) is 0 Å². The largest absolute Gasteiger partial charge is 0.295 e. The van der Waals surface area contributed by atoms with Gasteiger partial charge in [0, 0.05) is 5.56 Å². The van der Waals surface area contributed by atoms with Crippen LogP contribution in [-0.4, -0.2) is 11.4 Å². The van der Waals surface area contributed by atoms with Crippen LogP contribution in [0, 0.1) is 0 Å². The van der Waals surface area contributed by atoms with Crippen LogP contribution < -0.4 is 0 Å². The second-order valence-electron chi connectivity index (χ2n) is 6.32. The molecule has 0 radical (unpaired) electrons. The Labute approximate surface area is 122 Å². The van der Waals surface area contributed by atoms with Gasteiger partial charge in [0.15, 0.2) is 5.78 Å². The molecule has 0 heterocycles. The Morgan fingerprint density at radius 3 is 2.05 bits per heavy atom. The molecule has 0 aliphatic rings. The molecule has 0 atom stereocenters. The average molecular weight is 278 g/mol. The molecule has 0 N–H and O–H groups in total. The van der Waals surface area contributed by atoms with Gasteiger partial charge in [0.25, 0.3) is 0 Å². The molecule has 3 nitrogen and oxygen atoms in total. The highest BCUT2D eigenvalue weighted by Crippen LogP contribution is 2.28. The van der Waals surface area contributed by atoms with Crippen LogP contribution in [0.2, 0.25) is 0 Å². The Balaban J connectivity index is 2.75. The van der Waals surface area contributed by atoms with E-state index in [1.165, 1.54) is 0 Å². The SMILES string of the molecule is CCCC(C)(C)OOC(C)(C)c1ccc(C(C)=O)cc1. The maximum absolute atomic E-state index is 11.3. The fourth-order valence-electron chi connectivity index (χ4n) is 2.02. The first-order chi connectivity index (χ1) is 9.18. The van der Waals surface area contributed by atoms with Crippen molar-refractivity contribution < 1.29 is 14.6 Å². The Hall–Kier alpha value is -1.19. The normalized spacial score (nSPS) is 12.5. The second-order valence-corrected chi connectivity index (χ2v) is 6.32. The summed E-state index contributed by atoms with van der Waals surface area (Å²) in [5.41, 5.74) is 0.831. The number of benzene rings is 1. The number of Topliss-reactive ketones (excluding diaryl/α,β-unsaturated/α-hetero) is 1. The molecule has 1 aromatic carbocycles. The third-order valence-corrected chi connectivity index (χ3v) is 3.31. The monoisotopic (exact) mass is 278 g/mol. The summed E-state index contributed by atoms with van der Waals surface area (Å²) in [6, 6.07) is 7.46. The molecule has 0 bridgehead atoms. The third-order valence-electron chi connectivity index (χ3n) is 3.31. The van der Waals surface area contributed by atoms with Gasteiger partial charge in [-0.3, -0.25) is 4.79 Å². The van der Waals surface area contributed by atoms with Crippen molar-refractivity contribution in [1.29, 1.82) is 0 Å². The van der Waals surface area contributed by atoms with Crippen molar-refractivity contribution in [3.8, 4) is 0 Å². The van der Waals surface area contributed by atoms with Gasteiger partial charge in [-0.05, 0) is 46.6 Å². The van der Waals surface area contributed by atoms with E-state index in [1.54, 1.807) is 6.92 Å². The van der Waals surface area contributed by atoms with Crippen LogP contribution in [0.5, 0.6) is 0 Å². The van der Waals surface area contributed by atoms with E-state index >= 15 is 0 Å². The number of carbonyl (C=O) groups is 1. The Bertz CT molecular complexity index is 444. The quantitative estimate of drug-likeness (QED) is 0.413. The number of hydrogen-bond acceptors (Lipinski definition) is 3. The summed E-state index contributed by atoms with van der Waals surface area (Å²) in [7, 11) is 0. The molecule has 3 heteroatoms. The molecule has 0 amide bonds. The molecule has 112 valence electrons. The summed E-state index contributed by atoms with van der Waals surface area (Å²) in [5.74, 6) is 0.0654. The van der Waals surface area contributed by atoms with Gasteiger partial charge >= 0.3 is 0 Å². The molecular weight excluding hydrogens is 252 g/mol. The van der Waals surface area contributed by atoms with Crippen LogP contribution >= 0.6 is 0 Å². The van der Waals surface area contributed by atoms with Gasteiger partial charge in [-0.1, -0.05) is 37.6 Å². The molecule has 0 fully saturated rings. The van der Waals surface area contributed by atoms with E-state index in [0.717, 1.165) is 18.4 Å².